The zero-order valence-corrected chi connectivity index (χ0v) is 17.9. The molecule has 5 nitrogen and oxygen atoms in total. The van der Waals surface area contributed by atoms with E-state index in [1.807, 2.05) is 56.3 Å². The maximum absolute atomic E-state index is 12.5. The van der Waals surface area contributed by atoms with Gasteiger partial charge in [0.2, 0.25) is 0 Å². The summed E-state index contributed by atoms with van der Waals surface area (Å²) in [5.74, 6) is 0.676. The number of rotatable bonds is 5. The molecule has 1 aliphatic rings. The van der Waals surface area contributed by atoms with Crippen LogP contribution in [0.1, 0.15) is 19.4 Å². The fraction of sp³-hybridized carbons (Fsp3) is 0.308. The number of carbonyl (C=O) groups excluding carboxylic acids is 1. The Hall–Kier alpha value is -3.36. The number of hydrogen-bond acceptors (Lipinski definition) is 4. The quantitative estimate of drug-likeness (QED) is 0.615. The number of amides is 1. The minimum absolute atomic E-state index is 0.0152. The largest absolute Gasteiger partial charge is 0.483 e. The Bertz CT molecular complexity index is 1120. The van der Waals surface area contributed by atoms with Crippen molar-refractivity contribution in [2.24, 2.45) is 0 Å². The third kappa shape index (κ3) is 4.40. The smallest absolute Gasteiger partial charge is 0.260 e. The van der Waals surface area contributed by atoms with Crippen LogP contribution < -0.4 is 4.74 Å². The lowest BCUT2D eigenvalue weighted by molar-refractivity contribution is -0.137. The molecule has 0 spiro atoms. The molecule has 0 radical (unpaired) electrons. The van der Waals surface area contributed by atoms with E-state index < -0.39 is 5.41 Å². The van der Waals surface area contributed by atoms with Crippen molar-refractivity contribution in [3.05, 3.63) is 66.2 Å². The van der Waals surface area contributed by atoms with E-state index in [9.17, 15) is 10.1 Å². The molecular weight excluding hydrogens is 388 g/mol. The van der Waals surface area contributed by atoms with Crippen molar-refractivity contribution >= 4 is 16.7 Å². The van der Waals surface area contributed by atoms with Crippen LogP contribution in [-0.4, -0.2) is 43.7 Å². The molecule has 0 bridgehead atoms. The third-order valence-corrected chi connectivity index (χ3v) is 5.80. The van der Waals surface area contributed by atoms with E-state index in [0.29, 0.717) is 32.1 Å². The summed E-state index contributed by atoms with van der Waals surface area (Å²) in [5, 5.41) is 11.4. The van der Waals surface area contributed by atoms with Gasteiger partial charge in [-0.05, 0) is 42.0 Å². The Kier molecular flexibility index (Phi) is 5.92. The van der Waals surface area contributed by atoms with Crippen molar-refractivity contribution in [2.45, 2.75) is 19.3 Å². The number of morpholine rings is 1. The fourth-order valence-corrected chi connectivity index (χ4v) is 3.82. The molecule has 3 aromatic carbocycles. The first-order chi connectivity index (χ1) is 15.0. The summed E-state index contributed by atoms with van der Waals surface area (Å²) in [6.45, 7) is 6.23. The molecule has 158 valence electrons. The summed E-state index contributed by atoms with van der Waals surface area (Å²) in [5.41, 5.74) is 2.63. The first kappa shape index (κ1) is 20.9. The maximum Gasteiger partial charge on any atom is 0.260 e. The predicted octanol–water partition coefficient (Wildman–Crippen LogP) is 4.55. The zero-order valence-electron chi connectivity index (χ0n) is 17.9. The summed E-state index contributed by atoms with van der Waals surface area (Å²) in [7, 11) is 0. The topological polar surface area (TPSA) is 62.6 Å². The molecule has 1 fully saturated rings. The number of hydrogen-bond donors (Lipinski definition) is 0. The molecule has 1 amide bonds. The van der Waals surface area contributed by atoms with Crippen LogP contribution in [0.3, 0.4) is 0 Å². The van der Waals surface area contributed by atoms with Gasteiger partial charge in [-0.1, -0.05) is 54.6 Å². The van der Waals surface area contributed by atoms with Crippen molar-refractivity contribution < 1.29 is 14.3 Å². The molecule has 31 heavy (non-hydrogen) atoms. The fourth-order valence-electron chi connectivity index (χ4n) is 3.82. The summed E-state index contributed by atoms with van der Waals surface area (Å²) in [4.78, 5) is 14.2. The highest BCUT2D eigenvalue weighted by Crippen LogP contribution is 2.35. The monoisotopic (exact) mass is 414 g/mol. The van der Waals surface area contributed by atoms with E-state index in [1.54, 1.807) is 4.90 Å². The number of benzene rings is 3. The van der Waals surface area contributed by atoms with Crippen molar-refractivity contribution in [1.29, 1.82) is 5.26 Å². The Morgan fingerprint density at radius 3 is 2.39 bits per heavy atom. The molecule has 5 heteroatoms. The Balaban J connectivity index is 1.60. The molecule has 1 aliphatic heterocycles. The highest BCUT2D eigenvalue weighted by atomic mass is 16.5. The van der Waals surface area contributed by atoms with Gasteiger partial charge in [0.15, 0.2) is 6.61 Å². The maximum atomic E-state index is 12.5. The van der Waals surface area contributed by atoms with E-state index in [-0.39, 0.29) is 12.5 Å². The van der Waals surface area contributed by atoms with Crippen LogP contribution in [0.25, 0.3) is 21.9 Å². The minimum atomic E-state index is -0.523. The van der Waals surface area contributed by atoms with Gasteiger partial charge in [0.05, 0.1) is 24.7 Å². The van der Waals surface area contributed by atoms with Crippen LogP contribution in [0.2, 0.25) is 0 Å². The Morgan fingerprint density at radius 2 is 1.71 bits per heavy atom. The molecule has 4 rings (SSSR count). The van der Waals surface area contributed by atoms with Gasteiger partial charge in [0, 0.05) is 18.5 Å². The second kappa shape index (κ2) is 8.79. The highest BCUT2D eigenvalue weighted by molar-refractivity contribution is 6.00. The van der Waals surface area contributed by atoms with Gasteiger partial charge >= 0.3 is 0 Å². The Morgan fingerprint density at radius 1 is 1.03 bits per heavy atom. The standard InChI is InChI=1S/C26H26N2O3/c1-26(2,18-27)20-9-7-19(8-10-20)21-11-12-24(23-6-4-3-5-22(21)23)31-17-25(29)28-13-15-30-16-14-28/h3-12H,13-17H2,1-2H3. The molecular formula is C26H26N2O3. The van der Waals surface area contributed by atoms with Crippen LogP contribution >= 0.6 is 0 Å². The average Bonchev–Trinajstić information content (AvgIpc) is 2.83. The van der Waals surface area contributed by atoms with Crippen molar-refractivity contribution in [3.63, 3.8) is 0 Å². The van der Waals surface area contributed by atoms with Gasteiger partial charge in [-0.2, -0.15) is 5.26 Å². The van der Waals surface area contributed by atoms with E-state index in [4.69, 9.17) is 9.47 Å². The van der Waals surface area contributed by atoms with Crippen molar-refractivity contribution in [1.82, 2.24) is 4.90 Å². The van der Waals surface area contributed by atoms with E-state index >= 15 is 0 Å². The lowest BCUT2D eigenvalue weighted by Crippen LogP contribution is -2.42. The first-order valence-electron chi connectivity index (χ1n) is 10.5. The van der Waals surface area contributed by atoms with Crippen LogP contribution in [0.4, 0.5) is 0 Å². The van der Waals surface area contributed by atoms with E-state index in [0.717, 1.165) is 27.5 Å². The number of nitrogens with zero attached hydrogens (tertiary/aromatic N) is 2. The summed E-state index contributed by atoms with van der Waals surface area (Å²) in [6.07, 6.45) is 0. The number of nitriles is 1. The normalized spacial score (nSPS) is 14.3. The number of fused-ring (bicyclic) bond motifs is 1. The predicted molar refractivity (Wildman–Crippen MR) is 121 cm³/mol. The SMILES string of the molecule is CC(C)(C#N)c1ccc(-c2ccc(OCC(=O)N3CCOCC3)c3ccccc23)cc1. The van der Waals surface area contributed by atoms with Gasteiger partial charge in [0.25, 0.3) is 5.91 Å². The molecule has 1 heterocycles. The van der Waals surface area contributed by atoms with Crippen LogP contribution in [0, 0.1) is 11.3 Å². The highest BCUT2D eigenvalue weighted by Gasteiger charge is 2.20. The molecule has 0 atom stereocenters. The number of ether oxygens (including phenoxy) is 2. The molecule has 0 aliphatic carbocycles. The van der Waals surface area contributed by atoms with E-state index in [1.165, 1.54) is 0 Å². The van der Waals surface area contributed by atoms with Gasteiger partial charge < -0.3 is 14.4 Å². The average molecular weight is 415 g/mol. The number of carbonyl (C=O) groups is 1. The van der Waals surface area contributed by atoms with Crippen LogP contribution in [0.5, 0.6) is 5.75 Å². The molecule has 1 saturated heterocycles. The van der Waals surface area contributed by atoms with Crippen LogP contribution in [0.15, 0.2) is 60.7 Å². The summed E-state index contributed by atoms with van der Waals surface area (Å²) in [6, 6.07) is 22.5. The van der Waals surface area contributed by atoms with Gasteiger partial charge in [-0.15, -0.1) is 0 Å². The zero-order chi connectivity index (χ0) is 21.8. The Labute approximate surface area is 182 Å². The van der Waals surface area contributed by atoms with Gasteiger partial charge in [-0.3, -0.25) is 4.79 Å². The summed E-state index contributed by atoms with van der Waals surface area (Å²) >= 11 is 0. The molecule has 0 unspecified atom stereocenters. The molecule has 3 aromatic rings. The van der Waals surface area contributed by atoms with Gasteiger partial charge in [0.1, 0.15) is 5.75 Å². The first-order valence-corrected chi connectivity index (χ1v) is 10.5. The molecule has 0 N–H and O–H groups in total. The molecule has 0 aromatic heterocycles. The lowest BCUT2D eigenvalue weighted by atomic mass is 9.85. The van der Waals surface area contributed by atoms with Crippen molar-refractivity contribution in [3.8, 4) is 22.9 Å². The summed E-state index contributed by atoms with van der Waals surface area (Å²) < 4.78 is 11.2. The third-order valence-electron chi connectivity index (χ3n) is 5.80. The van der Waals surface area contributed by atoms with Crippen molar-refractivity contribution in [2.75, 3.05) is 32.9 Å². The minimum Gasteiger partial charge on any atom is -0.483 e. The van der Waals surface area contributed by atoms with Gasteiger partial charge in [-0.25, -0.2) is 0 Å². The second-order valence-corrected chi connectivity index (χ2v) is 8.25. The van der Waals surface area contributed by atoms with Crippen LogP contribution in [-0.2, 0) is 14.9 Å². The van der Waals surface area contributed by atoms with E-state index in [2.05, 4.69) is 24.3 Å². The lowest BCUT2D eigenvalue weighted by Gasteiger charge is -2.26. The second-order valence-electron chi connectivity index (χ2n) is 8.25. The molecule has 0 saturated carbocycles.